The Morgan fingerprint density at radius 2 is 1.88 bits per heavy atom. The molecule has 17 heavy (non-hydrogen) atoms. The molecule has 3 nitrogen and oxygen atoms in total. The minimum atomic E-state index is 0.0998. The zero-order valence-electron chi connectivity index (χ0n) is 9.96. The van der Waals surface area contributed by atoms with Crippen LogP contribution < -0.4 is 5.32 Å². The summed E-state index contributed by atoms with van der Waals surface area (Å²) in [5, 5.41) is 4.44. The molecule has 0 fully saturated rings. The van der Waals surface area contributed by atoms with Gasteiger partial charge in [-0.05, 0) is 12.1 Å². The molecule has 0 aromatic heterocycles. The smallest absolute Gasteiger partial charge is 0.223 e. The van der Waals surface area contributed by atoms with E-state index in [2.05, 4.69) is 5.32 Å². The SMILES string of the molecule is CN(C)C(=O)CCNCc1c(Cl)cccc1Cl. The van der Waals surface area contributed by atoms with Crippen LogP contribution >= 0.6 is 23.2 Å². The average molecular weight is 275 g/mol. The number of amides is 1. The van der Waals surface area contributed by atoms with Gasteiger partial charge in [-0.3, -0.25) is 4.79 Å². The van der Waals surface area contributed by atoms with Crippen LogP contribution in [0.1, 0.15) is 12.0 Å². The molecule has 0 bridgehead atoms. The third-order valence-corrected chi connectivity index (χ3v) is 3.09. The standard InChI is InChI=1S/C12H16Cl2N2O/c1-16(2)12(17)6-7-15-8-9-10(13)4-3-5-11(9)14/h3-5,15H,6-8H2,1-2H3. The van der Waals surface area contributed by atoms with Crippen molar-refractivity contribution in [2.45, 2.75) is 13.0 Å². The molecular weight excluding hydrogens is 259 g/mol. The van der Waals surface area contributed by atoms with Crippen LogP contribution in [0.25, 0.3) is 0 Å². The highest BCUT2D eigenvalue weighted by molar-refractivity contribution is 6.35. The van der Waals surface area contributed by atoms with Crippen molar-refractivity contribution in [2.24, 2.45) is 0 Å². The van der Waals surface area contributed by atoms with E-state index in [9.17, 15) is 4.79 Å². The maximum Gasteiger partial charge on any atom is 0.223 e. The summed E-state index contributed by atoms with van der Waals surface area (Å²) < 4.78 is 0. The molecule has 1 aromatic carbocycles. The predicted octanol–water partition coefficient (Wildman–Crippen LogP) is 2.56. The Labute approximate surface area is 112 Å². The molecule has 0 radical (unpaired) electrons. The molecule has 0 saturated carbocycles. The third kappa shape index (κ3) is 4.54. The van der Waals surface area contributed by atoms with Gasteiger partial charge in [-0.25, -0.2) is 0 Å². The van der Waals surface area contributed by atoms with Gasteiger partial charge in [-0.1, -0.05) is 29.3 Å². The number of rotatable bonds is 5. The second kappa shape index (κ2) is 6.84. The van der Waals surface area contributed by atoms with Gasteiger partial charge >= 0.3 is 0 Å². The number of hydrogen-bond acceptors (Lipinski definition) is 2. The highest BCUT2D eigenvalue weighted by Crippen LogP contribution is 2.23. The molecule has 94 valence electrons. The van der Waals surface area contributed by atoms with Crippen LogP contribution in [-0.4, -0.2) is 31.4 Å². The normalized spacial score (nSPS) is 10.4. The molecule has 0 heterocycles. The Balaban J connectivity index is 2.39. The fourth-order valence-corrected chi connectivity index (χ4v) is 1.86. The summed E-state index contributed by atoms with van der Waals surface area (Å²) in [6.45, 7) is 1.18. The summed E-state index contributed by atoms with van der Waals surface area (Å²) in [4.78, 5) is 12.9. The molecule has 0 atom stereocenters. The summed E-state index contributed by atoms with van der Waals surface area (Å²) in [5.74, 6) is 0.0998. The third-order valence-electron chi connectivity index (χ3n) is 2.38. The van der Waals surface area contributed by atoms with E-state index in [0.717, 1.165) is 5.56 Å². The second-order valence-electron chi connectivity index (χ2n) is 3.92. The van der Waals surface area contributed by atoms with E-state index in [1.807, 2.05) is 6.07 Å². The van der Waals surface area contributed by atoms with Crippen molar-refractivity contribution in [3.63, 3.8) is 0 Å². The molecule has 0 unspecified atom stereocenters. The first-order chi connectivity index (χ1) is 8.02. The number of nitrogens with zero attached hydrogens (tertiary/aromatic N) is 1. The van der Waals surface area contributed by atoms with Crippen LogP contribution in [0.5, 0.6) is 0 Å². The molecule has 1 aromatic rings. The molecule has 0 aliphatic heterocycles. The predicted molar refractivity (Wildman–Crippen MR) is 71.5 cm³/mol. The Kier molecular flexibility index (Phi) is 5.75. The number of carbonyl (C=O) groups excluding carboxylic acids is 1. The Morgan fingerprint density at radius 3 is 2.41 bits per heavy atom. The maximum atomic E-state index is 11.3. The lowest BCUT2D eigenvalue weighted by Crippen LogP contribution is -2.26. The Bertz CT molecular complexity index is 374. The van der Waals surface area contributed by atoms with Gasteiger partial charge in [-0.2, -0.15) is 0 Å². The molecule has 1 amide bonds. The van der Waals surface area contributed by atoms with Gasteiger partial charge in [0.05, 0.1) is 0 Å². The van der Waals surface area contributed by atoms with Crippen molar-refractivity contribution in [1.29, 1.82) is 0 Å². The van der Waals surface area contributed by atoms with Gasteiger partial charge in [0.25, 0.3) is 0 Å². The molecule has 0 spiro atoms. The molecule has 0 aliphatic carbocycles. The van der Waals surface area contributed by atoms with E-state index >= 15 is 0 Å². The second-order valence-corrected chi connectivity index (χ2v) is 4.73. The fourth-order valence-electron chi connectivity index (χ4n) is 1.33. The van der Waals surface area contributed by atoms with Gasteiger partial charge in [-0.15, -0.1) is 0 Å². The van der Waals surface area contributed by atoms with Crippen molar-refractivity contribution in [2.75, 3.05) is 20.6 Å². The number of nitrogens with one attached hydrogen (secondary N) is 1. The minimum absolute atomic E-state index is 0.0998. The first-order valence-corrected chi connectivity index (χ1v) is 6.11. The monoisotopic (exact) mass is 274 g/mol. The van der Waals surface area contributed by atoms with Crippen molar-refractivity contribution in [3.05, 3.63) is 33.8 Å². The van der Waals surface area contributed by atoms with E-state index in [0.29, 0.717) is 29.6 Å². The van der Waals surface area contributed by atoms with Crippen LogP contribution in [0.2, 0.25) is 10.0 Å². The molecule has 1 N–H and O–H groups in total. The van der Waals surface area contributed by atoms with Crippen molar-refractivity contribution in [1.82, 2.24) is 10.2 Å². The van der Waals surface area contributed by atoms with Crippen LogP contribution in [0.4, 0.5) is 0 Å². The summed E-state index contributed by atoms with van der Waals surface area (Å²) in [5.41, 5.74) is 0.869. The summed E-state index contributed by atoms with van der Waals surface area (Å²) in [6, 6.07) is 5.41. The summed E-state index contributed by atoms with van der Waals surface area (Å²) in [7, 11) is 3.49. The number of halogens is 2. The Hall–Kier alpha value is -0.770. The zero-order chi connectivity index (χ0) is 12.8. The summed E-state index contributed by atoms with van der Waals surface area (Å²) in [6.07, 6.45) is 0.467. The molecule has 1 rings (SSSR count). The first-order valence-electron chi connectivity index (χ1n) is 5.36. The van der Waals surface area contributed by atoms with Crippen molar-refractivity contribution < 1.29 is 4.79 Å². The van der Waals surface area contributed by atoms with Gasteiger partial charge in [0.2, 0.25) is 5.91 Å². The lowest BCUT2D eigenvalue weighted by molar-refractivity contribution is -0.128. The van der Waals surface area contributed by atoms with Crippen LogP contribution in [0.15, 0.2) is 18.2 Å². The van der Waals surface area contributed by atoms with Gasteiger partial charge < -0.3 is 10.2 Å². The largest absolute Gasteiger partial charge is 0.349 e. The van der Waals surface area contributed by atoms with E-state index < -0.39 is 0 Å². The quantitative estimate of drug-likeness (QED) is 0.838. The average Bonchev–Trinajstić information content (AvgIpc) is 2.27. The lowest BCUT2D eigenvalue weighted by atomic mass is 10.2. The van der Waals surface area contributed by atoms with Crippen molar-refractivity contribution >= 4 is 29.1 Å². The molecule has 0 aliphatic rings. The highest BCUT2D eigenvalue weighted by atomic mass is 35.5. The van der Waals surface area contributed by atoms with Gasteiger partial charge in [0.1, 0.15) is 0 Å². The van der Waals surface area contributed by atoms with Gasteiger partial charge in [0.15, 0.2) is 0 Å². The number of carbonyl (C=O) groups is 1. The lowest BCUT2D eigenvalue weighted by Gasteiger charge is -2.11. The van der Waals surface area contributed by atoms with Crippen LogP contribution in [0.3, 0.4) is 0 Å². The highest BCUT2D eigenvalue weighted by Gasteiger charge is 2.06. The molecule has 0 saturated heterocycles. The van der Waals surface area contributed by atoms with Crippen LogP contribution in [0, 0.1) is 0 Å². The number of hydrogen-bond donors (Lipinski definition) is 1. The first kappa shape index (κ1) is 14.3. The minimum Gasteiger partial charge on any atom is -0.349 e. The van der Waals surface area contributed by atoms with E-state index in [4.69, 9.17) is 23.2 Å². The molecular formula is C12H16Cl2N2O. The van der Waals surface area contributed by atoms with Crippen LogP contribution in [-0.2, 0) is 11.3 Å². The maximum absolute atomic E-state index is 11.3. The fraction of sp³-hybridized carbons (Fsp3) is 0.417. The zero-order valence-corrected chi connectivity index (χ0v) is 11.5. The van der Waals surface area contributed by atoms with Crippen molar-refractivity contribution in [3.8, 4) is 0 Å². The van der Waals surface area contributed by atoms with E-state index in [-0.39, 0.29) is 5.91 Å². The summed E-state index contributed by atoms with van der Waals surface area (Å²) >= 11 is 12.0. The van der Waals surface area contributed by atoms with E-state index in [1.165, 1.54) is 0 Å². The molecule has 5 heteroatoms. The Morgan fingerprint density at radius 1 is 1.29 bits per heavy atom. The topological polar surface area (TPSA) is 32.3 Å². The van der Waals surface area contributed by atoms with E-state index in [1.54, 1.807) is 31.1 Å². The van der Waals surface area contributed by atoms with Gasteiger partial charge in [0, 0.05) is 49.2 Å². The number of benzene rings is 1.